The summed E-state index contributed by atoms with van der Waals surface area (Å²) in [5, 5.41) is 3.74. The van der Waals surface area contributed by atoms with Gasteiger partial charge in [0, 0.05) is 35.8 Å². The lowest BCUT2D eigenvalue weighted by molar-refractivity contribution is -0.0828. The normalized spacial score (nSPS) is 29.9. The van der Waals surface area contributed by atoms with Crippen molar-refractivity contribution in [3.05, 3.63) is 27.7 Å². The Kier molecular flexibility index (Phi) is 4.07. The summed E-state index contributed by atoms with van der Waals surface area (Å²) in [5.74, 6) is 0. The number of aryl methyl sites for hydroxylation is 2. The quantitative estimate of drug-likeness (QED) is 0.888. The second-order valence-corrected chi connectivity index (χ2v) is 7.00. The van der Waals surface area contributed by atoms with Crippen molar-refractivity contribution in [1.29, 1.82) is 0 Å². The van der Waals surface area contributed by atoms with Crippen LogP contribution in [0.3, 0.4) is 0 Å². The standard InChI is InChI=1S/C16H22BrNO2/c1-11-7-13(17)8-12(2)15(11)18-14-3-5-20-16(9-14)4-6-19-10-16/h7-8,14,18H,3-6,9-10H2,1-2H3. The molecular formula is C16H22BrNO2. The fraction of sp³-hybridized carbons (Fsp3) is 0.625. The van der Waals surface area contributed by atoms with Crippen LogP contribution in [0.25, 0.3) is 0 Å². The largest absolute Gasteiger partial charge is 0.382 e. The number of hydrogen-bond acceptors (Lipinski definition) is 3. The number of halogens is 1. The second kappa shape index (κ2) is 5.66. The zero-order valence-electron chi connectivity index (χ0n) is 12.2. The van der Waals surface area contributed by atoms with E-state index in [1.807, 2.05) is 0 Å². The molecule has 3 nitrogen and oxygen atoms in total. The Morgan fingerprint density at radius 2 is 2.00 bits per heavy atom. The molecule has 2 heterocycles. The van der Waals surface area contributed by atoms with E-state index < -0.39 is 0 Å². The van der Waals surface area contributed by atoms with Crippen LogP contribution in [-0.2, 0) is 9.47 Å². The minimum Gasteiger partial charge on any atom is -0.382 e. The number of benzene rings is 1. The van der Waals surface area contributed by atoms with Gasteiger partial charge in [-0.3, -0.25) is 0 Å². The average molecular weight is 340 g/mol. The Bertz CT molecular complexity index is 474. The van der Waals surface area contributed by atoms with Crippen molar-refractivity contribution in [3.8, 4) is 0 Å². The third kappa shape index (κ3) is 2.87. The van der Waals surface area contributed by atoms with Gasteiger partial charge in [-0.15, -0.1) is 0 Å². The fourth-order valence-electron chi connectivity index (χ4n) is 3.36. The van der Waals surface area contributed by atoms with Crippen LogP contribution in [0, 0.1) is 13.8 Å². The molecule has 0 amide bonds. The number of anilines is 1. The molecule has 110 valence electrons. The molecule has 1 aromatic rings. The lowest BCUT2D eigenvalue weighted by atomic mass is 9.89. The summed E-state index contributed by atoms with van der Waals surface area (Å²) in [7, 11) is 0. The van der Waals surface area contributed by atoms with Crippen LogP contribution in [0.1, 0.15) is 30.4 Å². The van der Waals surface area contributed by atoms with E-state index in [1.54, 1.807) is 0 Å². The fourth-order valence-corrected chi connectivity index (χ4v) is 4.04. The Hall–Kier alpha value is -0.580. The number of hydrogen-bond donors (Lipinski definition) is 1. The monoisotopic (exact) mass is 339 g/mol. The van der Waals surface area contributed by atoms with E-state index >= 15 is 0 Å². The molecule has 1 aromatic carbocycles. The zero-order chi connectivity index (χ0) is 14.2. The molecule has 20 heavy (non-hydrogen) atoms. The van der Waals surface area contributed by atoms with Gasteiger partial charge in [0.1, 0.15) is 0 Å². The topological polar surface area (TPSA) is 30.5 Å². The first-order valence-electron chi connectivity index (χ1n) is 7.33. The van der Waals surface area contributed by atoms with Crippen LogP contribution in [0.2, 0.25) is 0 Å². The van der Waals surface area contributed by atoms with Crippen molar-refractivity contribution in [2.75, 3.05) is 25.1 Å². The van der Waals surface area contributed by atoms with Gasteiger partial charge < -0.3 is 14.8 Å². The van der Waals surface area contributed by atoms with Crippen molar-refractivity contribution in [3.63, 3.8) is 0 Å². The Morgan fingerprint density at radius 3 is 2.65 bits per heavy atom. The lowest BCUT2D eigenvalue weighted by Gasteiger charge is -2.38. The van der Waals surface area contributed by atoms with E-state index in [1.165, 1.54) is 16.8 Å². The van der Waals surface area contributed by atoms with Crippen LogP contribution in [0.15, 0.2) is 16.6 Å². The number of ether oxygens (including phenoxy) is 2. The van der Waals surface area contributed by atoms with Crippen LogP contribution in [-0.4, -0.2) is 31.5 Å². The van der Waals surface area contributed by atoms with E-state index in [4.69, 9.17) is 9.47 Å². The minimum atomic E-state index is -0.0346. The SMILES string of the molecule is Cc1cc(Br)cc(C)c1NC1CCOC2(CCOC2)C1. The highest BCUT2D eigenvalue weighted by Crippen LogP contribution is 2.35. The van der Waals surface area contributed by atoms with Gasteiger partial charge in [-0.25, -0.2) is 0 Å². The first kappa shape index (κ1) is 14.4. The van der Waals surface area contributed by atoms with Gasteiger partial charge in [-0.1, -0.05) is 15.9 Å². The van der Waals surface area contributed by atoms with Crippen molar-refractivity contribution in [2.45, 2.75) is 44.8 Å². The molecule has 0 saturated carbocycles. The van der Waals surface area contributed by atoms with Gasteiger partial charge in [0.2, 0.25) is 0 Å². The predicted octanol–water partition coefficient (Wildman–Crippen LogP) is 3.82. The summed E-state index contributed by atoms with van der Waals surface area (Å²) < 4.78 is 12.7. The summed E-state index contributed by atoms with van der Waals surface area (Å²) in [5.41, 5.74) is 3.82. The summed E-state index contributed by atoms with van der Waals surface area (Å²) in [4.78, 5) is 0. The summed E-state index contributed by atoms with van der Waals surface area (Å²) in [6, 6.07) is 4.82. The zero-order valence-corrected chi connectivity index (χ0v) is 13.8. The van der Waals surface area contributed by atoms with Crippen LogP contribution < -0.4 is 5.32 Å². The van der Waals surface area contributed by atoms with Gasteiger partial charge in [0.25, 0.3) is 0 Å². The van der Waals surface area contributed by atoms with E-state index in [2.05, 4.69) is 47.2 Å². The second-order valence-electron chi connectivity index (χ2n) is 6.08. The molecule has 4 heteroatoms. The van der Waals surface area contributed by atoms with Gasteiger partial charge in [-0.2, -0.15) is 0 Å². The maximum atomic E-state index is 6.00. The number of nitrogens with one attached hydrogen (secondary N) is 1. The van der Waals surface area contributed by atoms with Crippen molar-refractivity contribution >= 4 is 21.6 Å². The highest BCUT2D eigenvalue weighted by Gasteiger charge is 2.41. The summed E-state index contributed by atoms with van der Waals surface area (Å²) in [6.45, 7) is 6.74. The molecule has 0 radical (unpaired) electrons. The lowest BCUT2D eigenvalue weighted by Crippen LogP contribution is -2.45. The van der Waals surface area contributed by atoms with E-state index in [0.29, 0.717) is 6.04 Å². The van der Waals surface area contributed by atoms with E-state index in [-0.39, 0.29) is 5.60 Å². The van der Waals surface area contributed by atoms with Gasteiger partial charge in [0.05, 0.1) is 12.2 Å². The van der Waals surface area contributed by atoms with E-state index in [0.717, 1.165) is 43.6 Å². The third-order valence-electron chi connectivity index (χ3n) is 4.41. The van der Waals surface area contributed by atoms with Gasteiger partial charge >= 0.3 is 0 Å². The Labute approximate surface area is 129 Å². The predicted molar refractivity (Wildman–Crippen MR) is 84.4 cm³/mol. The van der Waals surface area contributed by atoms with Crippen LogP contribution in [0.5, 0.6) is 0 Å². The highest BCUT2D eigenvalue weighted by molar-refractivity contribution is 9.10. The molecule has 1 N–H and O–H groups in total. The first-order chi connectivity index (χ1) is 9.58. The van der Waals surface area contributed by atoms with E-state index in [9.17, 15) is 0 Å². The third-order valence-corrected chi connectivity index (χ3v) is 4.86. The molecule has 0 bridgehead atoms. The molecular weight excluding hydrogens is 318 g/mol. The average Bonchev–Trinajstić information content (AvgIpc) is 2.82. The van der Waals surface area contributed by atoms with Gasteiger partial charge in [0.15, 0.2) is 0 Å². The van der Waals surface area contributed by atoms with Crippen molar-refractivity contribution < 1.29 is 9.47 Å². The highest BCUT2D eigenvalue weighted by atomic mass is 79.9. The molecule has 0 aliphatic carbocycles. The molecule has 2 unspecified atom stereocenters. The van der Waals surface area contributed by atoms with Crippen LogP contribution >= 0.6 is 15.9 Å². The molecule has 3 rings (SSSR count). The maximum absolute atomic E-state index is 6.00. The van der Waals surface area contributed by atoms with Gasteiger partial charge in [-0.05, 0) is 49.9 Å². The molecule has 2 fully saturated rings. The smallest absolute Gasteiger partial charge is 0.0956 e. The molecule has 1 spiro atoms. The maximum Gasteiger partial charge on any atom is 0.0956 e. The van der Waals surface area contributed by atoms with Crippen LogP contribution in [0.4, 0.5) is 5.69 Å². The molecule has 0 aromatic heterocycles. The summed E-state index contributed by atoms with van der Waals surface area (Å²) >= 11 is 3.56. The Morgan fingerprint density at radius 1 is 1.25 bits per heavy atom. The molecule has 2 aliphatic heterocycles. The summed E-state index contributed by atoms with van der Waals surface area (Å²) in [6.07, 6.45) is 3.14. The first-order valence-corrected chi connectivity index (χ1v) is 8.12. The Balaban J connectivity index is 1.74. The molecule has 2 aliphatic rings. The number of rotatable bonds is 2. The van der Waals surface area contributed by atoms with Crippen molar-refractivity contribution in [1.82, 2.24) is 0 Å². The molecule has 2 saturated heterocycles. The minimum absolute atomic E-state index is 0.0346. The van der Waals surface area contributed by atoms with Crippen molar-refractivity contribution in [2.24, 2.45) is 0 Å². The molecule has 2 atom stereocenters.